The van der Waals surface area contributed by atoms with Crippen LogP contribution in [0.2, 0.25) is 0 Å². The van der Waals surface area contributed by atoms with E-state index in [2.05, 4.69) is 20.9 Å². The minimum atomic E-state index is -0.534. The fourth-order valence-electron chi connectivity index (χ4n) is 2.38. The predicted octanol–water partition coefficient (Wildman–Crippen LogP) is 1.26. The van der Waals surface area contributed by atoms with Gasteiger partial charge in [0.25, 0.3) is 0 Å². The molecule has 0 unspecified atom stereocenters. The summed E-state index contributed by atoms with van der Waals surface area (Å²) in [5, 5.41) is 7.62. The van der Waals surface area contributed by atoms with Crippen LogP contribution in [0.1, 0.15) is 25.7 Å². The van der Waals surface area contributed by atoms with E-state index in [1.165, 1.54) is 7.05 Å². The molecule has 26 heavy (non-hydrogen) atoms. The molecule has 0 saturated carbocycles. The van der Waals surface area contributed by atoms with E-state index in [-0.39, 0.29) is 11.8 Å². The molecular formula is C18H28N4O4. The molecule has 0 heterocycles. The highest BCUT2D eigenvalue weighted by Crippen LogP contribution is 2.22. The largest absolute Gasteiger partial charge is 0.412 e. The van der Waals surface area contributed by atoms with Crippen molar-refractivity contribution in [2.75, 3.05) is 39.1 Å². The molecule has 0 radical (unpaired) electrons. The summed E-state index contributed by atoms with van der Waals surface area (Å²) in [6.45, 7) is 1.31. The van der Waals surface area contributed by atoms with Gasteiger partial charge in [0.2, 0.25) is 11.8 Å². The van der Waals surface area contributed by atoms with Crippen LogP contribution in [0.4, 0.5) is 10.5 Å². The molecule has 1 aromatic carbocycles. The van der Waals surface area contributed by atoms with Crippen molar-refractivity contribution in [1.82, 2.24) is 16.0 Å². The lowest BCUT2D eigenvalue weighted by Crippen LogP contribution is -2.29. The molecule has 0 saturated heterocycles. The number of carbonyl (C=O) groups excluding carboxylic acids is 3. The lowest BCUT2D eigenvalue weighted by Gasteiger charge is -2.25. The number of ether oxygens (including phenoxy) is 1. The van der Waals surface area contributed by atoms with Gasteiger partial charge in [0.05, 0.1) is 0 Å². The quantitative estimate of drug-likeness (QED) is 0.580. The van der Waals surface area contributed by atoms with Crippen LogP contribution in [0, 0.1) is 0 Å². The summed E-state index contributed by atoms with van der Waals surface area (Å²) < 4.78 is 5.17. The van der Waals surface area contributed by atoms with Gasteiger partial charge in [-0.1, -0.05) is 6.07 Å². The number of rotatable bonds is 10. The monoisotopic (exact) mass is 364 g/mol. The average Bonchev–Trinajstić information content (AvgIpc) is 2.66. The molecule has 0 aliphatic carbocycles. The predicted molar refractivity (Wildman–Crippen MR) is 100 cm³/mol. The van der Waals surface area contributed by atoms with E-state index >= 15 is 0 Å². The van der Waals surface area contributed by atoms with Gasteiger partial charge in [0.15, 0.2) is 0 Å². The van der Waals surface area contributed by atoms with Gasteiger partial charge in [-0.2, -0.15) is 0 Å². The van der Waals surface area contributed by atoms with E-state index in [9.17, 15) is 14.4 Å². The van der Waals surface area contributed by atoms with Crippen LogP contribution in [-0.2, 0) is 9.59 Å². The summed E-state index contributed by atoms with van der Waals surface area (Å²) in [4.78, 5) is 36.3. The zero-order valence-corrected chi connectivity index (χ0v) is 15.6. The van der Waals surface area contributed by atoms with Gasteiger partial charge in [0.1, 0.15) is 5.75 Å². The van der Waals surface area contributed by atoms with Crippen LogP contribution < -0.4 is 25.6 Å². The van der Waals surface area contributed by atoms with E-state index in [0.717, 1.165) is 5.69 Å². The van der Waals surface area contributed by atoms with Crippen LogP contribution in [0.25, 0.3) is 0 Å². The van der Waals surface area contributed by atoms with Crippen LogP contribution in [0.3, 0.4) is 0 Å². The number of hydrogen-bond donors (Lipinski definition) is 3. The zero-order chi connectivity index (χ0) is 19.4. The zero-order valence-electron chi connectivity index (χ0n) is 15.6. The lowest BCUT2D eigenvalue weighted by atomic mass is 10.2. The van der Waals surface area contributed by atoms with E-state index in [1.807, 2.05) is 6.07 Å². The van der Waals surface area contributed by atoms with Crippen molar-refractivity contribution >= 4 is 23.6 Å². The molecule has 0 bridgehead atoms. The Balaban J connectivity index is 2.77. The highest BCUT2D eigenvalue weighted by atomic mass is 16.5. The van der Waals surface area contributed by atoms with E-state index in [4.69, 9.17) is 4.74 Å². The molecular weight excluding hydrogens is 336 g/mol. The van der Waals surface area contributed by atoms with Gasteiger partial charge in [-0.25, -0.2) is 4.79 Å². The van der Waals surface area contributed by atoms with Crippen molar-refractivity contribution in [3.8, 4) is 5.75 Å². The number of benzene rings is 1. The third kappa shape index (κ3) is 7.87. The fraction of sp³-hybridized carbons (Fsp3) is 0.500. The highest BCUT2D eigenvalue weighted by molar-refractivity contribution is 5.76. The van der Waals surface area contributed by atoms with Crippen molar-refractivity contribution < 1.29 is 19.1 Å². The summed E-state index contributed by atoms with van der Waals surface area (Å²) in [5.41, 5.74) is 0.875. The number of nitrogens with one attached hydrogen (secondary N) is 3. The lowest BCUT2D eigenvalue weighted by molar-refractivity contribution is -0.121. The number of anilines is 1. The first-order valence-electron chi connectivity index (χ1n) is 8.66. The van der Waals surface area contributed by atoms with Gasteiger partial charge >= 0.3 is 6.09 Å². The van der Waals surface area contributed by atoms with Gasteiger partial charge in [0, 0.05) is 58.8 Å². The van der Waals surface area contributed by atoms with Crippen molar-refractivity contribution in [1.29, 1.82) is 0 Å². The average molecular weight is 364 g/mol. The van der Waals surface area contributed by atoms with Crippen LogP contribution >= 0.6 is 0 Å². The standard InChI is InChI=1S/C18H28N4O4/c1-19-16(23)9-5-11-22(12-6-10-17(24)20-2)14-7-4-8-15(13-14)26-18(25)21-3/h4,7-8,13H,5-6,9-12H2,1-3H3,(H,19,23)(H,20,24)(H,21,25). The van der Waals surface area contributed by atoms with Crippen molar-refractivity contribution in [2.45, 2.75) is 25.7 Å². The van der Waals surface area contributed by atoms with E-state index in [1.54, 1.807) is 32.3 Å². The Morgan fingerprint density at radius 3 is 2.00 bits per heavy atom. The van der Waals surface area contributed by atoms with E-state index in [0.29, 0.717) is 44.5 Å². The third-order valence-electron chi connectivity index (χ3n) is 3.82. The molecule has 8 nitrogen and oxygen atoms in total. The Morgan fingerprint density at radius 2 is 1.50 bits per heavy atom. The van der Waals surface area contributed by atoms with Crippen molar-refractivity contribution in [3.63, 3.8) is 0 Å². The molecule has 0 aliphatic heterocycles. The normalized spacial score (nSPS) is 9.96. The topological polar surface area (TPSA) is 99.8 Å². The smallest absolute Gasteiger partial charge is 0.410 e. The minimum absolute atomic E-state index is 0.00740. The molecule has 3 N–H and O–H groups in total. The summed E-state index contributed by atoms with van der Waals surface area (Å²) in [7, 11) is 4.72. The van der Waals surface area contributed by atoms with Gasteiger partial charge in [-0.3, -0.25) is 9.59 Å². The van der Waals surface area contributed by atoms with Crippen molar-refractivity contribution in [2.24, 2.45) is 0 Å². The number of nitrogens with zero attached hydrogens (tertiary/aromatic N) is 1. The molecule has 0 aliphatic rings. The molecule has 1 rings (SSSR count). The first-order valence-corrected chi connectivity index (χ1v) is 8.66. The molecule has 1 aromatic rings. The highest BCUT2D eigenvalue weighted by Gasteiger charge is 2.11. The molecule has 0 fully saturated rings. The Morgan fingerprint density at radius 1 is 0.923 bits per heavy atom. The SMILES string of the molecule is CNC(=O)CCCN(CCCC(=O)NC)c1cccc(OC(=O)NC)c1. The molecule has 0 aromatic heterocycles. The maximum Gasteiger partial charge on any atom is 0.412 e. The third-order valence-corrected chi connectivity index (χ3v) is 3.82. The minimum Gasteiger partial charge on any atom is -0.410 e. The maximum atomic E-state index is 11.4. The Kier molecular flexibility index (Phi) is 9.59. The first kappa shape index (κ1) is 21.3. The van der Waals surface area contributed by atoms with Gasteiger partial charge in [-0.05, 0) is 25.0 Å². The Hall–Kier alpha value is -2.77. The Labute approximate surface area is 154 Å². The summed E-state index contributed by atoms with van der Waals surface area (Å²) in [5.74, 6) is 0.420. The fourth-order valence-corrected chi connectivity index (χ4v) is 2.38. The van der Waals surface area contributed by atoms with Gasteiger partial charge in [-0.15, -0.1) is 0 Å². The molecule has 0 spiro atoms. The second kappa shape index (κ2) is 11.7. The van der Waals surface area contributed by atoms with E-state index < -0.39 is 6.09 Å². The molecule has 144 valence electrons. The second-order valence-electron chi connectivity index (χ2n) is 5.68. The number of hydrogen-bond acceptors (Lipinski definition) is 5. The van der Waals surface area contributed by atoms with Crippen LogP contribution in [-0.4, -0.2) is 52.1 Å². The number of amides is 3. The maximum absolute atomic E-state index is 11.4. The number of carbonyl (C=O) groups is 3. The summed E-state index contributed by atoms with van der Waals surface area (Å²) >= 11 is 0. The summed E-state index contributed by atoms with van der Waals surface area (Å²) in [6, 6.07) is 7.19. The summed E-state index contributed by atoms with van der Waals surface area (Å²) in [6.07, 6.45) is 1.68. The molecule has 0 atom stereocenters. The van der Waals surface area contributed by atoms with Crippen molar-refractivity contribution in [3.05, 3.63) is 24.3 Å². The van der Waals surface area contributed by atoms with Crippen LogP contribution in [0.5, 0.6) is 5.75 Å². The molecule has 8 heteroatoms. The Bertz CT molecular complexity index is 585. The van der Waals surface area contributed by atoms with Gasteiger partial charge < -0.3 is 25.6 Å². The first-order chi connectivity index (χ1) is 12.5. The van der Waals surface area contributed by atoms with Crippen LogP contribution in [0.15, 0.2) is 24.3 Å². The second-order valence-corrected chi connectivity index (χ2v) is 5.68. The molecule has 3 amide bonds.